The summed E-state index contributed by atoms with van der Waals surface area (Å²) < 4.78 is 3.92. The number of aromatic nitrogens is 7. The second-order valence-electron chi connectivity index (χ2n) is 8.38. The van der Waals surface area contributed by atoms with Gasteiger partial charge in [0, 0.05) is 35.9 Å². The molecule has 0 radical (unpaired) electrons. The van der Waals surface area contributed by atoms with Gasteiger partial charge in [0.2, 0.25) is 0 Å². The Balaban J connectivity index is 1.64. The zero-order valence-corrected chi connectivity index (χ0v) is 19.6. The lowest BCUT2D eigenvalue weighted by molar-refractivity contribution is 0.584. The highest BCUT2D eigenvalue weighted by atomic mass is 16.1. The predicted octanol–water partition coefficient (Wildman–Crippen LogP) is 4.39. The van der Waals surface area contributed by atoms with Gasteiger partial charge in [0.1, 0.15) is 0 Å². The first-order chi connectivity index (χ1) is 16.1. The van der Waals surface area contributed by atoms with Crippen LogP contribution in [0, 0.1) is 6.92 Å². The number of nitrogens with zero attached hydrogens (tertiary/aromatic N) is 6. The van der Waals surface area contributed by atoms with Crippen molar-refractivity contribution in [3.63, 3.8) is 0 Å². The van der Waals surface area contributed by atoms with Crippen LogP contribution in [-0.2, 0) is 19.5 Å². The molecule has 1 aromatic carbocycles. The van der Waals surface area contributed by atoms with E-state index in [2.05, 4.69) is 70.6 Å². The van der Waals surface area contributed by atoms with Gasteiger partial charge in [-0.25, -0.2) is 9.89 Å². The van der Waals surface area contributed by atoms with E-state index in [1.165, 1.54) is 0 Å². The van der Waals surface area contributed by atoms with Crippen LogP contribution in [-0.4, -0.2) is 34.7 Å². The van der Waals surface area contributed by atoms with Gasteiger partial charge in [-0.05, 0) is 59.4 Å². The van der Waals surface area contributed by atoms with E-state index in [4.69, 9.17) is 0 Å². The Bertz CT molecular complexity index is 1240. The molecule has 0 spiro atoms. The summed E-state index contributed by atoms with van der Waals surface area (Å²) in [5.41, 5.74) is 6.36. The predicted molar refractivity (Wildman–Crippen MR) is 129 cm³/mol. The zero-order valence-electron chi connectivity index (χ0n) is 19.6. The first kappa shape index (κ1) is 22.6. The van der Waals surface area contributed by atoms with E-state index in [9.17, 15) is 4.79 Å². The Kier molecular flexibility index (Phi) is 7.12. The number of hydrogen-bond donors (Lipinski definition) is 1. The highest BCUT2D eigenvalue weighted by Crippen LogP contribution is 2.29. The number of hydrogen-bond acceptors (Lipinski definition) is 5. The van der Waals surface area contributed by atoms with E-state index in [-0.39, 0.29) is 5.69 Å². The molecule has 0 amide bonds. The van der Waals surface area contributed by atoms with Crippen LogP contribution in [0.2, 0.25) is 0 Å². The second kappa shape index (κ2) is 10.4. The molecule has 0 unspecified atom stereocenters. The molecule has 8 heteroatoms. The third-order valence-electron chi connectivity index (χ3n) is 6.14. The van der Waals surface area contributed by atoms with Crippen LogP contribution < -0.4 is 5.69 Å². The number of tetrazole rings is 1. The number of rotatable bonds is 10. The van der Waals surface area contributed by atoms with Crippen molar-refractivity contribution in [3.05, 3.63) is 70.2 Å². The Morgan fingerprint density at radius 3 is 2.45 bits per heavy atom. The minimum absolute atomic E-state index is 0.102. The number of H-pyrrole nitrogens is 1. The van der Waals surface area contributed by atoms with Gasteiger partial charge in [-0.2, -0.15) is 0 Å². The van der Waals surface area contributed by atoms with Crippen molar-refractivity contribution in [2.24, 2.45) is 0 Å². The quantitative estimate of drug-likeness (QED) is 0.391. The average molecular weight is 446 g/mol. The van der Waals surface area contributed by atoms with Gasteiger partial charge in [0.05, 0.1) is 6.54 Å². The number of nitrogens with one attached hydrogen (secondary N) is 1. The molecule has 8 nitrogen and oxygen atoms in total. The van der Waals surface area contributed by atoms with Crippen molar-refractivity contribution in [1.82, 2.24) is 34.7 Å². The molecule has 0 saturated heterocycles. The summed E-state index contributed by atoms with van der Waals surface area (Å²) in [4.78, 5) is 17.5. The van der Waals surface area contributed by atoms with Gasteiger partial charge in [-0.3, -0.25) is 14.1 Å². The Labute approximate surface area is 193 Å². The van der Waals surface area contributed by atoms with Gasteiger partial charge < -0.3 is 0 Å². The van der Waals surface area contributed by atoms with Crippen LogP contribution in [0.5, 0.6) is 0 Å². The summed E-state index contributed by atoms with van der Waals surface area (Å²) in [7, 11) is 0. The fraction of sp³-hybridized carbons (Fsp3) is 0.400. The number of benzene rings is 1. The van der Waals surface area contributed by atoms with Crippen molar-refractivity contribution in [1.29, 1.82) is 0 Å². The molecule has 0 fully saturated rings. The normalized spacial score (nSPS) is 11.2. The first-order valence-electron chi connectivity index (χ1n) is 11.7. The Morgan fingerprint density at radius 2 is 1.76 bits per heavy atom. The SMILES string of the molecule is CCCCc1c(C)n(CCCC)c(=O)n1Cc1ccc(-c2ccncc2-c2nnn[nH]2)cc1. The fourth-order valence-electron chi connectivity index (χ4n) is 4.24. The summed E-state index contributed by atoms with van der Waals surface area (Å²) in [5.74, 6) is 0.582. The zero-order chi connectivity index (χ0) is 23.2. The van der Waals surface area contributed by atoms with Crippen LogP contribution in [0.1, 0.15) is 56.5 Å². The van der Waals surface area contributed by atoms with E-state index in [1.807, 2.05) is 15.2 Å². The lowest BCUT2D eigenvalue weighted by Gasteiger charge is -2.10. The second-order valence-corrected chi connectivity index (χ2v) is 8.38. The van der Waals surface area contributed by atoms with E-state index in [1.54, 1.807) is 12.4 Å². The van der Waals surface area contributed by atoms with Crippen molar-refractivity contribution in [2.75, 3.05) is 0 Å². The van der Waals surface area contributed by atoms with Gasteiger partial charge in [0.25, 0.3) is 0 Å². The smallest absolute Gasteiger partial charge is 0.296 e. The molecular weight excluding hydrogens is 414 g/mol. The largest absolute Gasteiger partial charge is 0.328 e. The number of pyridine rings is 1. The monoisotopic (exact) mass is 445 g/mol. The van der Waals surface area contributed by atoms with E-state index < -0.39 is 0 Å². The molecule has 172 valence electrons. The lowest BCUT2D eigenvalue weighted by Crippen LogP contribution is -2.26. The van der Waals surface area contributed by atoms with Gasteiger partial charge in [-0.15, -0.1) is 5.10 Å². The maximum Gasteiger partial charge on any atom is 0.328 e. The van der Waals surface area contributed by atoms with E-state index in [0.717, 1.165) is 72.3 Å². The van der Waals surface area contributed by atoms with Crippen LogP contribution in [0.4, 0.5) is 0 Å². The van der Waals surface area contributed by atoms with Crippen molar-refractivity contribution >= 4 is 0 Å². The molecular formula is C25H31N7O. The average Bonchev–Trinajstić information content (AvgIpc) is 3.45. The summed E-state index contributed by atoms with van der Waals surface area (Å²) >= 11 is 0. The summed E-state index contributed by atoms with van der Waals surface area (Å²) in [6.07, 6.45) is 8.73. The Hall–Kier alpha value is -3.55. The van der Waals surface area contributed by atoms with Gasteiger partial charge in [-0.1, -0.05) is 51.0 Å². The molecule has 4 aromatic rings. The molecule has 3 heterocycles. The van der Waals surface area contributed by atoms with Crippen LogP contribution in [0.15, 0.2) is 47.5 Å². The third kappa shape index (κ3) is 4.79. The molecule has 0 atom stereocenters. The fourth-order valence-corrected chi connectivity index (χ4v) is 4.24. The molecule has 3 aromatic heterocycles. The Morgan fingerprint density at radius 1 is 0.970 bits per heavy atom. The molecule has 0 saturated carbocycles. The van der Waals surface area contributed by atoms with Gasteiger partial charge >= 0.3 is 5.69 Å². The van der Waals surface area contributed by atoms with Crippen molar-refractivity contribution in [2.45, 2.75) is 66.0 Å². The van der Waals surface area contributed by atoms with E-state index >= 15 is 0 Å². The highest BCUT2D eigenvalue weighted by Gasteiger charge is 2.17. The standard InChI is InChI=1S/C25H31N7O/c1-4-6-8-23-18(3)31(15-7-5-2)25(33)32(23)17-19-9-11-20(12-10-19)21-13-14-26-16-22(21)24-27-29-30-28-24/h9-14,16H,4-8,15,17H2,1-3H3,(H,27,28,29,30). The van der Waals surface area contributed by atoms with Crippen molar-refractivity contribution < 1.29 is 0 Å². The number of unbranched alkanes of at least 4 members (excludes halogenated alkanes) is 2. The molecule has 0 aliphatic heterocycles. The minimum Gasteiger partial charge on any atom is -0.296 e. The summed E-state index contributed by atoms with van der Waals surface area (Å²) in [6.45, 7) is 7.79. The molecule has 0 bridgehead atoms. The molecule has 0 aliphatic carbocycles. The van der Waals surface area contributed by atoms with Crippen LogP contribution >= 0.6 is 0 Å². The molecule has 0 aliphatic rings. The van der Waals surface area contributed by atoms with Crippen LogP contribution in [0.25, 0.3) is 22.5 Å². The maximum atomic E-state index is 13.2. The summed E-state index contributed by atoms with van der Waals surface area (Å²) in [6, 6.07) is 10.3. The van der Waals surface area contributed by atoms with E-state index in [0.29, 0.717) is 12.4 Å². The lowest BCUT2D eigenvalue weighted by atomic mass is 10.00. The first-order valence-corrected chi connectivity index (χ1v) is 11.7. The van der Waals surface area contributed by atoms with Gasteiger partial charge in [0.15, 0.2) is 5.82 Å². The van der Waals surface area contributed by atoms with Crippen LogP contribution in [0.3, 0.4) is 0 Å². The highest BCUT2D eigenvalue weighted by molar-refractivity contribution is 5.79. The number of aromatic amines is 1. The third-order valence-corrected chi connectivity index (χ3v) is 6.14. The maximum absolute atomic E-state index is 13.2. The number of imidazole rings is 1. The van der Waals surface area contributed by atoms with Crippen molar-refractivity contribution in [3.8, 4) is 22.5 Å². The summed E-state index contributed by atoms with van der Waals surface area (Å²) in [5, 5.41) is 14.2. The minimum atomic E-state index is 0.102. The molecule has 33 heavy (non-hydrogen) atoms. The molecule has 1 N–H and O–H groups in total. The topological polar surface area (TPSA) is 94.3 Å². The molecule has 4 rings (SSSR count).